The Morgan fingerprint density at radius 2 is 2.03 bits per heavy atom. The SMILES string of the molecule is COc1cc(C=NN=C2NC(=O)C(CC(=O)O)S2)cc(B(O)O)c1OCc1ccccc1. The van der Waals surface area contributed by atoms with Crippen molar-refractivity contribution in [3.63, 3.8) is 0 Å². The molecule has 1 atom stereocenters. The fraction of sp³-hybridized carbons (Fsp3) is 0.200. The molecule has 1 aliphatic heterocycles. The highest BCUT2D eigenvalue weighted by Crippen LogP contribution is 2.27. The van der Waals surface area contributed by atoms with E-state index in [9.17, 15) is 19.6 Å². The largest absolute Gasteiger partial charge is 0.493 e. The number of aliphatic carboxylic acids is 1. The van der Waals surface area contributed by atoms with Crippen LogP contribution in [0.25, 0.3) is 0 Å². The van der Waals surface area contributed by atoms with Gasteiger partial charge in [-0.25, -0.2) is 0 Å². The fourth-order valence-corrected chi connectivity index (χ4v) is 3.76. The average molecular weight is 457 g/mol. The first kappa shape index (κ1) is 23.3. The van der Waals surface area contributed by atoms with E-state index in [4.69, 9.17) is 14.6 Å². The number of carboxylic acids is 1. The molecule has 2 aromatic rings. The van der Waals surface area contributed by atoms with Gasteiger partial charge in [-0.15, -0.1) is 5.10 Å². The number of thioether (sulfide) groups is 1. The topological polar surface area (TPSA) is 150 Å². The smallest absolute Gasteiger partial charge is 0.492 e. The first-order valence-electron chi connectivity index (χ1n) is 9.42. The molecule has 0 aromatic heterocycles. The number of rotatable bonds is 9. The highest BCUT2D eigenvalue weighted by molar-refractivity contribution is 8.15. The van der Waals surface area contributed by atoms with Crippen molar-refractivity contribution in [3.05, 3.63) is 53.6 Å². The summed E-state index contributed by atoms with van der Waals surface area (Å²) in [6, 6.07) is 12.4. The van der Waals surface area contributed by atoms with Gasteiger partial charge in [-0.3, -0.25) is 9.59 Å². The summed E-state index contributed by atoms with van der Waals surface area (Å²) in [6.45, 7) is 0.201. The van der Waals surface area contributed by atoms with Crippen molar-refractivity contribution < 1.29 is 34.2 Å². The van der Waals surface area contributed by atoms with Crippen LogP contribution < -0.4 is 20.3 Å². The zero-order valence-corrected chi connectivity index (χ0v) is 17.8. The van der Waals surface area contributed by atoms with Crippen LogP contribution in [0.4, 0.5) is 0 Å². The summed E-state index contributed by atoms with van der Waals surface area (Å²) in [4.78, 5) is 22.5. The van der Waals surface area contributed by atoms with Crippen LogP contribution in [0, 0.1) is 0 Å². The normalized spacial score (nSPS) is 16.9. The lowest BCUT2D eigenvalue weighted by atomic mass is 9.78. The monoisotopic (exact) mass is 457 g/mol. The molecule has 32 heavy (non-hydrogen) atoms. The van der Waals surface area contributed by atoms with E-state index in [1.807, 2.05) is 30.3 Å². The number of hydrogen-bond donors (Lipinski definition) is 4. The zero-order chi connectivity index (χ0) is 23.1. The number of ether oxygens (including phenoxy) is 2. The van der Waals surface area contributed by atoms with Gasteiger partial charge in [-0.05, 0) is 23.3 Å². The highest BCUT2D eigenvalue weighted by Gasteiger charge is 2.32. The Kier molecular flexibility index (Phi) is 7.87. The Balaban J connectivity index is 1.78. The number of amidine groups is 1. The number of nitrogens with one attached hydrogen (secondary N) is 1. The number of carbonyl (C=O) groups is 2. The van der Waals surface area contributed by atoms with Crippen LogP contribution in [-0.4, -0.2) is 57.9 Å². The Morgan fingerprint density at radius 3 is 2.69 bits per heavy atom. The summed E-state index contributed by atoms with van der Waals surface area (Å²) >= 11 is 0.975. The van der Waals surface area contributed by atoms with Gasteiger partial charge in [0, 0.05) is 5.46 Å². The van der Waals surface area contributed by atoms with Gasteiger partial charge in [0.25, 0.3) is 0 Å². The molecule has 1 heterocycles. The molecule has 3 rings (SSSR count). The van der Waals surface area contributed by atoms with E-state index in [1.54, 1.807) is 6.07 Å². The predicted octanol–water partition coefficient (Wildman–Crippen LogP) is 0.350. The van der Waals surface area contributed by atoms with Crippen molar-refractivity contribution in [3.8, 4) is 11.5 Å². The molecule has 4 N–H and O–H groups in total. The van der Waals surface area contributed by atoms with Gasteiger partial charge in [-0.2, -0.15) is 5.10 Å². The van der Waals surface area contributed by atoms with E-state index in [0.29, 0.717) is 5.56 Å². The zero-order valence-electron chi connectivity index (χ0n) is 17.0. The number of carbonyl (C=O) groups excluding carboxylic acids is 1. The molecule has 166 valence electrons. The molecular formula is C20H20BN3O7S. The molecule has 10 nitrogen and oxygen atoms in total. The second kappa shape index (κ2) is 10.8. The van der Waals surface area contributed by atoms with Crippen molar-refractivity contribution in [1.82, 2.24) is 5.32 Å². The Labute approximate surface area is 188 Å². The first-order chi connectivity index (χ1) is 15.4. The van der Waals surface area contributed by atoms with E-state index >= 15 is 0 Å². The fourth-order valence-electron chi connectivity index (χ4n) is 2.84. The van der Waals surface area contributed by atoms with E-state index in [-0.39, 0.29) is 35.2 Å². The van der Waals surface area contributed by atoms with Crippen molar-refractivity contribution in [2.75, 3.05) is 7.11 Å². The number of carboxylic acid groups (broad SMARTS) is 1. The van der Waals surface area contributed by atoms with Gasteiger partial charge in [0.15, 0.2) is 16.7 Å². The van der Waals surface area contributed by atoms with Crippen LogP contribution in [0.3, 0.4) is 0 Å². The summed E-state index contributed by atoms with van der Waals surface area (Å²) in [7, 11) is -0.400. The third kappa shape index (κ3) is 6.09. The van der Waals surface area contributed by atoms with Crippen molar-refractivity contribution >= 4 is 47.6 Å². The molecule has 1 fully saturated rings. The lowest BCUT2D eigenvalue weighted by molar-refractivity contribution is -0.138. The number of amides is 1. The van der Waals surface area contributed by atoms with E-state index < -0.39 is 24.2 Å². The van der Waals surface area contributed by atoms with Gasteiger partial charge in [0.05, 0.1) is 19.7 Å². The molecule has 12 heteroatoms. The van der Waals surface area contributed by atoms with Crippen LogP contribution in [0.15, 0.2) is 52.7 Å². The predicted molar refractivity (Wildman–Crippen MR) is 120 cm³/mol. The number of nitrogens with zero attached hydrogens (tertiary/aromatic N) is 2. The van der Waals surface area contributed by atoms with Crippen LogP contribution in [0.1, 0.15) is 17.5 Å². The summed E-state index contributed by atoms with van der Waals surface area (Å²) in [5.41, 5.74) is 1.42. The van der Waals surface area contributed by atoms with Crippen molar-refractivity contribution in [2.24, 2.45) is 10.2 Å². The summed E-state index contributed by atoms with van der Waals surface area (Å²) < 4.78 is 11.1. The Morgan fingerprint density at radius 1 is 1.28 bits per heavy atom. The summed E-state index contributed by atoms with van der Waals surface area (Å²) in [5, 5.41) is 38.1. The standard InChI is InChI=1S/C20H20BN3O7S/c1-30-15-8-13(10-22-24-20-23-19(27)16(32-20)9-17(25)26)7-14(21(28)29)18(15)31-11-12-5-3-2-4-6-12/h2-8,10,16,28-29H,9,11H2,1H3,(H,25,26)(H,23,24,27). The molecular weight excluding hydrogens is 437 g/mol. The third-order valence-corrected chi connectivity index (χ3v) is 5.39. The molecule has 1 saturated heterocycles. The second-order valence-electron chi connectivity index (χ2n) is 6.63. The van der Waals surface area contributed by atoms with Gasteiger partial charge in [0.2, 0.25) is 5.91 Å². The number of hydrogen-bond acceptors (Lipinski definition) is 9. The molecule has 2 aromatic carbocycles. The van der Waals surface area contributed by atoms with Gasteiger partial charge in [0.1, 0.15) is 11.9 Å². The molecule has 0 radical (unpaired) electrons. The maximum atomic E-state index is 11.7. The van der Waals surface area contributed by atoms with Gasteiger partial charge in [-0.1, -0.05) is 42.1 Å². The number of benzene rings is 2. The van der Waals surface area contributed by atoms with Crippen LogP contribution >= 0.6 is 11.8 Å². The van der Waals surface area contributed by atoms with Crippen LogP contribution in [0.5, 0.6) is 11.5 Å². The second-order valence-corrected chi connectivity index (χ2v) is 7.82. The quantitative estimate of drug-likeness (QED) is 0.239. The van der Waals surface area contributed by atoms with Crippen molar-refractivity contribution in [1.29, 1.82) is 0 Å². The molecule has 0 spiro atoms. The van der Waals surface area contributed by atoms with Crippen LogP contribution in [0.2, 0.25) is 0 Å². The van der Waals surface area contributed by atoms with Gasteiger partial charge < -0.3 is 29.9 Å². The highest BCUT2D eigenvalue weighted by atomic mass is 32.2. The van der Waals surface area contributed by atoms with Crippen molar-refractivity contribution in [2.45, 2.75) is 18.3 Å². The molecule has 1 unspecified atom stereocenters. The lowest BCUT2D eigenvalue weighted by Crippen LogP contribution is -2.32. The lowest BCUT2D eigenvalue weighted by Gasteiger charge is -2.16. The third-order valence-electron chi connectivity index (χ3n) is 4.32. The molecule has 0 aliphatic carbocycles. The molecule has 0 saturated carbocycles. The average Bonchev–Trinajstić information content (AvgIpc) is 3.11. The maximum Gasteiger partial charge on any atom is 0.492 e. The molecule has 1 aliphatic rings. The minimum Gasteiger partial charge on any atom is -0.493 e. The number of methoxy groups -OCH3 is 1. The molecule has 0 bridgehead atoms. The minimum atomic E-state index is -1.82. The summed E-state index contributed by atoms with van der Waals surface area (Å²) in [6.07, 6.45) is 1.01. The first-order valence-corrected chi connectivity index (χ1v) is 10.3. The molecule has 1 amide bonds. The Hall–Kier alpha value is -3.35. The van der Waals surface area contributed by atoms with E-state index in [0.717, 1.165) is 17.3 Å². The van der Waals surface area contributed by atoms with Crippen LogP contribution in [-0.2, 0) is 16.2 Å². The minimum absolute atomic E-state index is 0.0828. The van der Waals surface area contributed by atoms with E-state index in [1.165, 1.54) is 19.4 Å². The summed E-state index contributed by atoms with van der Waals surface area (Å²) in [5.74, 6) is -1.08. The van der Waals surface area contributed by atoms with E-state index in [2.05, 4.69) is 15.5 Å². The maximum absolute atomic E-state index is 11.7. The Bertz CT molecular complexity index is 1050. The van der Waals surface area contributed by atoms with Gasteiger partial charge >= 0.3 is 13.1 Å².